The molecule has 0 bridgehead atoms. The van der Waals surface area contributed by atoms with Crippen molar-refractivity contribution in [2.75, 3.05) is 13.2 Å². The molecule has 53 heavy (non-hydrogen) atoms. The fourth-order valence-electron chi connectivity index (χ4n) is 6.36. The molecule has 0 aliphatic heterocycles. The van der Waals surface area contributed by atoms with Gasteiger partial charge in [0, 0.05) is 0 Å². The Kier molecular flexibility index (Phi) is 35.2. The maximum Gasteiger partial charge on any atom is 1.00 e. The largest absolute Gasteiger partial charge is 1.00 e. The molecule has 0 spiro atoms. The number of carbonyl (C=O) groups is 2. The molecule has 0 unspecified atom stereocenters. The van der Waals surface area contributed by atoms with E-state index in [0.29, 0.717) is 0 Å². The summed E-state index contributed by atoms with van der Waals surface area (Å²) in [5.74, 6) is -1.67. The standard InChI is InChI=1S/C44H74O7S.Na/c1-3-5-7-9-11-13-15-17-19-21-23-25-27-29-31-33-37-50-43(45)41-36-35-40(52(47,48)49)39-42(41)44(46)51-38-34-32-30-28-26-24-22-20-18-16-14-12-10-8-6-4-2;/h31-36,39H,3-30,37-38H2,1-2H3,(H,47,48,49);/q;+1/p-1/b33-31+,34-32+;. The van der Waals surface area contributed by atoms with Gasteiger partial charge in [-0.3, -0.25) is 0 Å². The first-order valence-corrected chi connectivity index (χ1v) is 22.5. The average Bonchev–Trinajstić information content (AvgIpc) is 3.13. The molecule has 0 amide bonds. The third kappa shape index (κ3) is 29.5. The summed E-state index contributed by atoms with van der Waals surface area (Å²) in [6, 6.07) is 3.03. The molecule has 0 saturated heterocycles. The number of carbonyl (C=O) groups excluding carboxylic acids is 2. The predicted octanol–water partition coefficient (Wildman–Crippen LogP) is 9.98. The van der Waals surface area contributed by atoms with E-state index in [0.717, 1.165) is 50.3 Å². The third-order valence-electron chi connectivity index (χ3n) is 9.62. The molecule has 0 aliphatic rings. The van der Waals surface area contributed by atoms with E-state index in [4.69, 9.17) is 9.47 Å². The Labute approximate surface area is 347 Å². The second-order valence-electron chi connectivity index (χ2n) is 14.4. The van der Waals surface area contributed by atoms with Gasteiger partial charge in [-0.25, -0.2) is 18.0 Å². The van der Waals surface area contributed by atoms with Gasteiger partial charge in [0.2, 0.25) is 0 Å². The van der Waals surface area contributed by atoms with Gasteiger partial charge in [-0.05, 0) is 43.9 Å². The second-order valence-corrected chi connectivity index (χ2v) is 15.7. The molecule has 0 saturated carbocycles. The Hall–Kier alpha value is -1.45. The maximum atomic E-state index is 12.9. The van der Waals surface area contributed by atoms with Crippen molar-refractivity contribution in [2.24, 2.45) is 0 Å². The van der Waals surface area contributed by atoms with Gasteiger partial charge in [-0.2, -0.15) is 0 Å². The third-order valence-corrected chi connectivity index (χ3v) is 10.5. The summed E-state index contributed by atoms with van der Waals surface area (Å²) >= 11 is 0. The monoisotopic (exact) mass is 768 g/mol. The van der Waals surface area contributed by atoms with Crippen molar-refractivity contribution in [3.63, 3.8) is 0 Å². The van der Waals surface area contributed by atoms with Crippen LogP contribution >= 0.6 is 0 Å². The molecule has 1 rings (SSSR count). The van der Waals surface area contributed by atoms with Crippen molar-refractivity contribution in [1.29, 1.82) is 0 Å². The molecule has 0 aliphatic carbocycles. The van der Waals surface area contributed by atoms with Crippen LogP contribution in [0, 0.1) is 0 Å². The number of allylic oxidation sites excluding steroid dienone is 2. The zero-order valence-corrected chi connectivity index (χ0v) is 36.8. The van der Waals surface area contributed by atoms with E-state index in [1.54, 1.807) is 12.2 Å². The number of benzene rings is 1. The fourth-order valence-corrected chi connectivity index (χ4v) is 6.86. The van der Waals surface area contributed by atoms with Crippen LogP contribution in [0.3, 0.4) is 0 Å². The minimum Gasteiger partial charge on any atom is -0.744 e. The van der Waals surface area contributed by atoms with E-state index in [-0.39, 0.29) is 53.9 Å². The second kappa shape index (κ2) is 36.2. The smallest absolute Gasteiger partial charge is 0.744 e. The maximum absolute atomic E-state index is 12.9. The van der Waals surface area contributed by atoms with Crippen molar-refractivity contribution in [3.8, 4) is 0 Å². The predicted molar refractivity (Wildman–Crippen MR) is 214 cm³/mol. The zero-order chi connectivity index (χ0) is 38.0. The number of hydrogen-bond donors (Lipinski definition) is 0. The summed E-state index contributed by atoms with van der Waals surface area (Å²) in [6.07, 6.45) is 43.1. The number of rotatable bonds is 35. The van der Waals surface area contributed by atoms with Crippen LogP contribution in [0.25, 0.3) is 0 Å². The number of hydrogen-bond acceptors (Lipinski definition) is 7. The minimum atomic E-state index is -4.83. The summed E-state index contributed by atoms with van der Waals surface area (Å²) in [5.41, 5.74) is -0.444. The topological polar surface area (TPSA) is 110 Å². The van der Waals surface area contributed by atoms with Crippen molar-refractivity contribution in [2.45, 2.75) is 199 Å². The molecule has 1 aromatic carbocycles. The van der Waals surface area contributed by atoms with E-state index < -0.39 is 27.0 Å². The Morgan fingerprint density at radius 1 is 0.509 bits per heavy atom. The number of ether oxygens (including phenoxy) is 2. The van der Waals surface area contributed by atoms with Gasteiger partial charge >= 0.3 is 41.5 Å². The van der Waals surface area contributed by atoms with Crippen LogP contribution in [0.15, 0.2) is 47.4 Å². The van der Waals surface area contributed by atoms with E-state index in [1.165, 1.54) is 148 Å². The fraction of sp³-hybridized carbons (Fsp3) is 0.727. The molecule has 7 nitrogen and oxygen atoms in total. The molecule has 9 heteroatoms. The van der Waals surface area contributed by atoms with Crippen LogP contribution in [-0.2, 0) is 19.6 Å². The quantitative estimate of drug-likeness (QED) is 0.0222. The van der Waals surface area contributed by atoms with Crippen LogP contribution in [0.4, 0.5) is 0 Å². The molecular weight excluding hydrogens is 696 g/mol. The van der Waals surface area contributed by atoms with E-state index in [9.17, 15) is 22.6 Å². The van der Waals surface area contributed by atoms with Crippen LogP contribution < -0.4 is 29.6 Å². The van der Waals surface area contributed by atoms with Crippen LogP contribution in [0.5, 0.6) is 0 Å². The Morgan fingerprint density at radius 3 is 1.17 bits per heavy atom. The molecule has 0 N–H and O–H groups in total. The summed E-state index contributed by atoms with van der Waals surface area (Å²) < 4.78 is 45.5. The zero-order valence-electron chi connectivity index (χ0n) is 34.0. The molecule has 0 radical (unpaired) electrons. The van der Waals surface area contributed by atoms with Gasteiger partial charge in [-0.15, -0.1) is 0 Å². The van der Waals surface area contributed by atoms with Crippen molar-refractivity contribution in [3.05, 3.63) is 53.6 Å². The summed E-state index contributed by atoms with van der Waals surface area (Å²) in [7, 11) is -4.83. The molecule has 1 aromatic rings. The minimum absolute atomic E-state index is 0. The summed E-state index contributed by atoms with van der Waals surface area (Å²) in [5, 5.41) is 0. The van der Waals surface area contributed by atoms with Gasteiger partial charge < -0.3 is 14.0 Å². The van der Waals surface area contributed by atoms with Gasteiger partial charge in [0.25, 0.3) is 0 Å². The van der Waals surface area contributed by atoms with E-state index >= 15 is 0 Å². The van der Waals surface area contributed by atoms with Crippen molar-refractivity contribution >= 4 is 22.1 Å². The Morgan fingerprint density at radius 2 is 0.830 bits per heavy atom. The molecule has 0 fully saturated rings. The van der Waals surface area contributed by atoms with E-state index in [1.807, 2.05) is 12.2 Å². The van der Waals surface area contributed by atoms with Gasteiger partial charge in [0.1, 0.15) is 23.3 Å². The first-order valence-electron chi connectivity index (χ1n) is 21.0. The van der Waals surface area contributed by atoms with Crippen LogP contribution in [0.2, 0.25) is 0 Å². The van der Waals surface area contributed by atoms with Gasteiger partial charge in [-0.1, -0.05) is 192 Å². The van der Waals surface area contributed by atoms with Crippen LogP contribution in [0.1, 0.15) is 214 Å². The normalized spacial score (nSPS) is 11.7. The number of esters is 2. The summed E-state index contributed by atoms with van der Waals surface area (Å²) in [6.45, 7) is 4.51. The first-order chi connectivity index (χ1) is 25.3. The molecule has 0 aromatic heterocycles. The SMILES string of the molecule is CCCCCCCCCCCCCCC/C=C/COC(=O)c1ccc(S(=O)(=O)[O-])cc1C(=O)OC/C=C/CCCCCCCCCCCCCCC.[Na+]. The van der Waals surface area contributed by atoms with E-state index in [2.05, 4.69) is 13.8 Å². The van der Waals surface area contributed by atoms with Crippen LogP contribution in [-0.4, -0.2) is 38.1 Å². The molecular formula is C44H73NaO7S. The summed E-state index contributed by atoms with van der Waals surface area (Å²) in [4.78, 5) is 25.1. The average molecular weight is 769 g/mol. The molecule has 298 valence electrons. The van der Waals surface area contributed by atoms with Gasteiger partial charge in [0.15, 0.2) is 0 Å². The van der Waals surface area contributed by atoms with Crippen molar-refractivity contribution < 1.29 is 61.6 Å². The first kappa shape index (κ1) is 51.5. The molecule has 0 heterocycles. The van der Waals surface area contributed by atoms with Crippen molar-refractivity contribution in [1.82, 2.24) is 0 Å². The number of unbranched alkanes of at least 4 members (excludes halogenated alkanes) is 26. The molecule has 0 atom stereocenters. The Balaban J connectivity index is 0.0000270. The Bertz CT molecular complexity index is 1210. The van der Waals surface area contributed by atoms with Gasteiger partial charge in [0.05, 0.1) is 16.0 Å².